The van der Waals surface area contributed by atoms with Gasteiger partial charge in [-0.05, 0) is 69.4 Å². The SMILES string of the molecule is Cc1ccsc1N(C(=O)[C@H]1CC[C@H](C)CC1)C(C)C. The number of hydrogen-bond acceptors (Lipinski definition) is 2. The number of thiophene rings is 1. The zero-order valence-corrected chi connectivity index (χ0v) is 13.3. The van der Waals surface area contributed by atoms with E-state index < -0.39 is 0 Å². The van der Waals surface area contributed by atoms with Crippen molar-refractivity contribution in [2.45, 2.75) is 59.4 Å². The van der Waals surface area contributed by atoms with Gasteiger partial charge in [-0.2, -0.15) is 0 Å². The summed E-state index contributed by atoms with van der Waals surface area (Å²) >= 11 is 1.68. The maximum atomic E-state index is 12.8. The largest absolute Gasteiger partial charge is 0.301 e. The van der Waals surface area contributed by atoms with Gasteiger partial charge in [-0.1, -0.05) is 6.92 Å². The van der Waals surface area contributed by atoms with Crippen molar-refractivity contribution in [3.8, 4) is 0 Å². The molecule has 1 aromatic heterocycles. The van der Waals surface area contributed by atoms with E-state index in [2.05, 4.69) is 39.1 Å². The first-order valence-corrected chi connectivity index (χ1v) is 8.25. The third kappa shape index (κ3) is 3.19. The lowest BCUT2D eigenvalue weighted by Crippen LogP contribution is -2.42. The highest BCUT2D eigenvalue weighted by Gasteiger charge is 2.31. The van der Waals surface area contributed by atoms with E-state index in [4.69, 9.17) is 0 Å². The summed E-state index contributed by atoms with van der Waals surface area (Å²) < 4.78 is 0. The Morgan fingerprint density at radius 3 is 2.42 bits per heavy atom. The lowest BCUT2D eigenvalue weighted by Gasteiger charge is -2.33. The lowest BCUT2D eigenvalue weighted by atomic mass is 9.82. The van der Waals surface area contributed by atoms with Crippen molar-refractivity contribution in [2.75, 3.05) is 4.90 Å². The van der Waals surface area contributed by atoms with Gasteiger partial charge in [0.15, 0.2) is 0 Å². The van der Waals surface area contributed by atoms with E-state index in [1.54, 1.807) is 11.3 Å². The predicted octanol–water partition coefficient (Wildman–Crippen LogP) is 4.62. The third-order valence-corrected chi connectivity index (χ3v) is 5.19. The predicted molar refractivity (Wildman–Crippen MR) is 82.8 cm³/mol. The second-order valence-electron chi connectivity index (χ2n) is 6.17. The summed E-state index contributed by atoms with van der Waals surface area (Å²) in [5.41, 5.74) is 1.22. The number of nitrogens with zero attached hydrogens (tertiary/aromatic N) is 1. The Balaban J connectivity index is 2.16. The molecule has 0 bridgehead atoms. The number of aryl methyl sites for hydroxylation is 1. The van der Waals surface area contributed by atoms with Gasteiger partial charge in [0.1, 0.15) is 5.00 Å². The molecule has 1 aliphatic rings. The molecular formula is C16H25NOS. The van der Waals surface area contributed by atoms with Crippen LogP contribution in [-0.4, -0.2) is 11.9 Å². The fourth-order valence-electron chi connectivity index (χ4n) is 2.90. The minimum absolute atomic E-state index is 0.236. The molecule has 3 heteroatoms. The van der Waals surface area contributed by atoms with Gasteiger partial charge in [-0.3, -0.25) is 4.79 Å². The minimum atomic E-state index is 0.236. The maximum absolute atomic E-state index is 12.8. The van der Waals surface area contributed by atoms with Gasteiger partial charge in [0.25, 0.3) is 0 Å². The highest BCUT2D eigenvalue weighted by atomic mass is 32.1. The van der Waals surface area contributed by atoms with Gasteiger partial charge < -0.3 is 4.90 Å². The van der Waals surface area contributed by atoms with Crippen LogP contribution in [0.5, 0.6) is 0 Å². The van der Waals surface area contributed by atoms with Gasteiger partial charge in [0, 0.05) is 12.0 Å². The molecule has 106 valence electrons. The van der Waals surface area contributed by atoms with E-state index >= 15 is 0 Å². The van der Waals surface area contributed by atoms with Gasteiger partial charge in [0.2, 0.25) is 5.91 Å². The summed E-state index contributed by atoms with van der Waals surface area (Å²) in [5.74, 6) is 1.37. The fourth-order valence-corrected chi connectivity index (χ4v) is 3.97. The van der Waals surface area contributed by atoms with Gasteiger partial charge in [-0.15, -0.1) is 11.3 Å². The highest BCUT2D eigenvalue weighted by Crippen LogP contribution is 2.34. The van der Waals surface area contributed by atoms with Crippen LogP contribution in [0.1, 0.15) is 52.0 Å². The smallest absolute Gasteiger partial charge is 0.230 e. The van der Waals surface area contributed by atoms with Gasteiger partial charge in [-0.25, -0.2) is 0 Å². The van der Waals surface area contributed by atoms with Crippen LogP contribution in [0, 0.1) is 18.8 Å². The normalized spacial score (nSPS) is 23.6. The number of hydrogen-bond donors (Lipinski definition) is 0. The molecule has 0 N–H and O–H groups in total. The molecule has 0 unspecified atom stereocenters. The highest BCUT2D eigenvalue weighted by molar-refractivity contribution is 7.14. The molecular weight excluding hydrogens is 254 g/mol. The van der Waals surface area contributed by atoms with Gasteiger partial charge >= 0.3 is 0 Å². The maximum Gasteiger partial charge on any atom is 0.230 e. The van der Waals surface area contributed by atoms with Crippen molar-refractivity contribution in [1.82, 2.24) is 0 Å². The molecule has 0 radical (unpaired) electrons. The van der Waals surface area contributed by atoms with Crippen molar-refractivity contribution < 1.29 is 4.79 Å². The Hall–Kier alpha value is -0.830. The van der Waals surface area contributed by atoms with Crippen molar-refractivity contribution in [2.24, 2.45) is 11.8 Å². The van der Waals surface area contributed by atoms with E-state index in [1.165, 1.54) is 18.4 Å². The molecule has 1 fully saturated rings. The first-order valence-electron chi connectivity index (χ1n) is 7.38. The number of rotatable bonds is 3. The van der Waals surface area contributed by atoms with Crippen LogP contribution in [0.3, 0.4) is 0 Å². The van der Waals surface area contributed by atoms with Crippen LogP contribution in [0.25, 0.3) is 0 Å². The van der Waals surface area contributed by atoms with E-state index in [1.807, 2.05) is 4.90 Å². The first kappa shape index (κ1) is 14.6. The Morgan fingerprint density at radius 2 is 1.95 bits per heavy atom. The summed E-state index contributed by atoms with van der Waals surface area (Å²) in [6.45, 7) is 8.62. The van der Waals surface area contributed by atoms with E-state index in [9.17, 15) is 4.79 Å². The summed E-state index contributed by atoms with van der Waals surface area (Å²) in [6, 6.07) is 2.34. The molecule has 0 aliphatic heterocycles. The number of amides is 1. The van der Waals surface area contributed by atoms with Crippen LogP contribution in [0.4, 0.5) is 5.00 Å². The molecule has 1 amide bonds. The molecule has 0 aromatic carbocycles. The van der Waals surface area contributed by atoms with E-state index in [0.717, 1.165) is 23.8 Å². The molecule has 2 nitrogen and oxygen atoms in total. The minimum Gasteiger partial charge on any atom is -0.301 e. The van der Waals surface area contributed by atoms with Crippen molar-refractivity contribution in [3.05, 3.63) is 17.0 Å². The second kappa shape index (κ2) is 6.08. The average Bonchev–Trinajstić information content (AvgIpc) is 2.76. The molecule has 1 aromatic rings. The topological polar surface area (TPSA) is 20.3 Å². The van der Waals surface area contributed by atoms with Crippen LogP contribution in [0.15, 0.2) is 11.4 Å². The first-order chi connectivity index (χ1) is 9.00. The number of carbonyl (C=O) groups is 1. The Labute approximate surface area is 120 Å². The molecule has 0 spiro atoms. The molecule has 1 heterocycles. The Kier molecular flexibility index (Phi) is 4.67. The second-order valence-corrected chi connectivity index (χ2v) is 7.06. The average molecular weight is 279 g/mol. The number of anilines is 1. The fraction of sp³-hybridized carbons (Fsp3) is 0.688. The van der Waals surface area contributed by atoms with Crippen molar-refractivity contribution in [3.63, 3.8) is 0 Å². The molecule has 1 saturated carbocycles. The van der Waals surface area contributed by atoms with Crippen LogP contribution >= 0.6 is 11.3 Å². The van der Waals surface area contributed by atoms with Crippen LogP contribution in [0.2, 0.25) is 0 Å². The van der Waals surface area contributed by atoms with E-state index in [0.29, 0.717) is 5.91 Å². The summed E-state index contributed by atoms with van der Waals surface area (Å²) in [5, 5.41) is 3.22. The summed E-state index contributed by atoms with van der Waals surface area (Å²) in [6.07, 6.45) is 4.53. The third-order valence-electron chi connectivity index (χ3n) is 4.17. The quantitative estimate of drug-likeness (QED) is 0.790. The molecule has 1 aliphatic carbocycles. The molecule has 2 rings (SSSR count). The standard InChI is InChI=1S/C16H25NOS/c1-11(2)17(16-13(4)9-10-19-16)15(18)14-7-5-12(3)6-8-14/h9-12,14H,5-8H2,1-4H3/t12-,14-. The monoisotopic (exact) mass is 279 g/mol. The Bertz CT molecular complexity index is 430. The van der Waals surface area contributed by atoms with Crippen LogP contribution in [-0.2, 0) is 4.79 Å². The van der Waals surface area contributed by atoms with E-state index in [-0.39, 0.29) is 12.0 Å². The lowest BCUT2D eigenvalue weighted by molar-refractivity contribution is -0.123. The molecule has 0 saturated heterocycles. The zero-order chi connectivity index (χ0) is 14.0. The van der Waals surface area contributed by atoms with Gasteiger partial charge in [0.05, 0.1) is 0 Å². The summed E-state index contributed by atoms with van der Waals surface area (Å²) in [4.78, 5) is 14.9. The van der Waals surface area contributed by atoms with Crippen molar-refractivity contribution in [1.29, 1.82) is 0 Å². The Morgan fingerprint density at radius 1 is 1.32 bits per heavy atom. The van der Waals surface area contributed by atoms with Crippen LogP contribution < -0.4 is 4.90 Å². The summed E-state index contributed by atoms with van der Waals surface area (Å²) in [7, 11) is 0. The zero-order valence-electron chi connectivity index (χ0n) is 12.5. The number of carbonyl (C=O) groups excluding carboxylic acids is 1. The molecule has 0 atom stereocenters. The molecule has 19 heavy (non-hydrogen) atoms. The van der Waals surface area contributed by atoms with Crippen molar-refractivity contribution >= 4 is 22.2 Å².